The number of carbonyl (C=O) groups is 2. The van der Waals surface area contributed by atoms with E-state index in [1.807, 2.05) is 80.3 Å². The third-order valence-corrected chi connectivity index (χ3v) is 5.33. The van der Waals surface area contributed by atoms with Crippen LogP contribution in [0.15, 0.2) is 54.6 Å². The molecule has 1 heterocycles. The Hall–Kier alpha value is -2.82. The Kier molecular flexibility index (Phi) is 6.02. The van der Waals surface area contributed by atoms with E-state index < -0.39 is 5.41 Å². The second kappa shape index (κ2) is 8.46. The first-order valence-electron chi connectivity index (χ1n) is 9.70. The molecule has 28 heavy (non-hydrogen) atoms. The third-order valence-electron chi connectivity index (χ3n) is 5.33. The molecule has 2 aromatic carbocycles. The molecule has 1 aliphatic heterocycles. The van der Waals surface area contributed by atoms with Crippen molar-refractivity contribution in [2.45, 2.75) is 26.2 Å². The molecule has 148 valence electrons. The number of piperazine rings is 1. The largest absolute Gasteiger partial charge is 0.484 e. The minimum atomic E-state index is -0.581. The molecule has 0 aromatic heterocycles. The monoisotopic (exact) mass is 380 g/mol. The van der Waals surface area contributed by atoms with Gasteiger partial charge in [0.2, 0.25) is 5.91 Å². The summed E-state index contributed by atoms with van der Waals surface area (Å²) >= 11 is 0. The lowest BCUT2D eigenvalue weighted by molar-refractivity contribution is -0.143. The van der Waals surface area contributed by atoms with Gasteiger partial charge in [0, 0.05) is 26.2 Å². The number of amides is 2. The molecule has 1 fully saturated rings. The lowest BCUT2D eigenvalue weighted by atomic mass is 9.83. The first-order chi connectivity index (χ1) is 13.4. The molecule has 2 aromatic rings. The highest BCUT2D eigenvalue weighted by Gasteiger charge is 2.35. The molecule has 5 heteroatoms. The van der Waals surface area contributed by atoms with Gasteiger partial charge in [-0.05, 0) is 38.5 Å². The predicted octanol–water partition coefficient (Wildman–Crippen LogP) is 3.02. The molecule has 1 saturated heterocycles. The fourth-order valence-corrected chi connectivity index (χ4v) is 3.40. The molecule has 5 nitrogen and oxygen atoms in total. The Balaban J connectivity index is 1.51. The quantitative estimate of drug-likeness (QED) is 0.801. The number of rotatable bonds is 5. The van der Waals surface area contributed by atoms with E-state index in [1.54, 1.807) is 4.90 Å². The summed E-state index contributed by atoms with van der Waals surface area (Å²) in [4.78, 5) is 29.1. The van der Waals surface area contributed by atoms with Gasteiger partial charge < -0.3 is 14.5 Å². The summed E-state index contributed by atoms with van der Waals surface area (Å²) in [5, 5.41) is 0. The van der Waals surface area contributed by atoms with Crippen LogP contribution in [0, 0.1) is 6.92 Å². The van der Waals surface area contributed by atoms with Crippen molar-refractivity contribution in [1.29, 1.82) is 0 Å². The Morgan fingerprint density at radius 3 is 2.07 bits per heavy atom. The van der Waals surface area contributed by atoms with Crippen molar-refractivity contribution in [2.24, 2.45) is 0 Å². The lowest BCUT2D eigenvalue weighted by Gasteiger charge is -2.38. The van der Waals surface area contributed by atoms with Crippen LogP contribution in [-0.2, 0) is 15.0 Å². The molecule has 0 atom stereocenters. The number of ether oxygens (including phenoxy) is 1. The highest BCUT2D eigenvalue weighted by molar-refractivity contribution is 5.87. The van der Waals surface area contributed by atoms with Crippen LogP contribution >= 0.6 is 0 Å². The highest BCUT2D eigenvalue weighted by atomic mass is 16.5. The average molecular weight is 380 g/mol. The smallest absolute Gasteiger partial charge is 0.260 e. The maximum atomic E-state index is 13.0. The van der Waals surface area contributed by atoms with E-state index in [4.69, 9.17) is 4.74 Å². The summed E-state index contributed by atoms with van der Waals surface area (Å²) in [7, 11) is 0. The van der Waals surface area contributed by atoms with Crippen molar-refractivity contribution in [3.63, 3.8) is 0 Å². The van der Waals surface area contributed by atoms with E-state index in [2.05, 4.69) is 0 Å². The van der Waals surface area contributed by atoms with E-state index in [-0.39, 0.29) is 18.4 Å². The molecule has 0 radical (unpaired) electrons. The van der Waals surface area contributed by atoms with Gasteiger partial charge >= 0.3 is 0 Å². The predicted molar refractivity (Wildman–Crippen MR) is 109 cm³/mol. The van der Waals surface area contributed by atoms with Crippen molar-refractivity contribution >= 4 is 11.8 Å². The minimum Gasteiger partial charge on any atom is -0.484 e. The molecule has 2 amide bonds. The fraction of sp³-hybridized carbons (Fsp3) is 0.391. The summed E-state index contributed by atoms with van der Waals surface area (Å²) in [6, 6.07) is 17.5. The molecule has 0 saturated carbocycles. The van der Waals surface area contributed by atoms with E-state index in [9.17, 15) is 9.59 Å². The number of aryl methyl sites for hydroxylation is 1. The second-order valence-corrected chi connectivity index (χ2v) is 7.77. The Morgan fingerprint density at radius 1 is 0.893 bits per heavy atom. The Morgan fingerprint density at radius 2 is 1.46 bits per heavy atom. The first-order valence-corrected chi connectivity index (χ1v) is 9.70. The summed E-state index contributed by atoms with van der Waals surface area (Å²) in [5.41, 5.74) is 1.57. The average Bonchev–Trinajstić information content (AvgIpc) is 2.73. The standard InChI is InChI=1S/C23H28N2O3/c1-18-9-11-20(12-10-18)28-17-21(26)24-13-15-25(16-14-24)22(27)23(2,3)19-7-5-4-6-8-19/h4-12H,13-17H2,1-3H3. The highest BCUT2D eigenvalue weighted by Crippen LogP contribution is 2.26. The summed E-state index contributed by atoms with van der Waals surface area (Å²) in [6.07, 6.45) is 0. The van der Waals surface area contributed by atoms with Crippen molar-refractivity contribution in [2.75, 3.05) is 32.8 Å². The Labute approximate surface area is 166 Å². The van der Waals surface area contributed by atoms with E-state index in [1.165, 1.54) is 0 Å². The molecule has 0 spiro atoms. The molecule has 3 rings (SSSR count). The maximum Gasteiger partial charge on any atom is 0.260 e. The third kappa shape index (κ3) is 4.53. The Bertz CT molecular complexity index is 808. The van der Waals surface area contributed by atoms with Gasteiger partial charge in [-0.3, -0.25) is 9.59 Å². The number of hydrogen-bond donors (Lipinski definition) is 0. The molecule has 0 unspecified atom stereocenters. The summed E-state index contributed by atoms with van der Waals surface area (Å²) in [6.45, 7) is 8.10. The number of hydrogen-bond acceptors (Lipinski definition) is 3. The van der Waals surface area contributed by atoms with E-state index in [0.29, 0.717) is 31.9 Å². The SMILES string of the molecule is Cc1ccc(OCC(=O)N2CCN(C(=O)C(C)(C)c3ccccc3)CC2)cc1. The van der Waals surface area contributed by atoms with Crippen LogP contribution in [0.2, 0.25) is 0 Å². The number of nitrogens with zero attached hydrogens (tertiary/aromatic N) is 2. The van der Waals surface area contributed by atoms with Crippen molar-refractivity contribution in [1.82, 2.24) is 9.80 Å². The summed E-state index contributed by atoms with van der Waals surface area (Å²) in [5.74, 6) is 0.745. The van der Waals surface area contributed by atoms with Crippen molar-refractivity contribution in [3.05, 3.63) is 65.7 Å². The lowest BCUT2D eigenvalue weighted by Crippen LogP contribution is -2.55. The van der Waals surface area contributed by atoms with Crippen LogP contribution in [0.4, 0.5) is 0 Å². The van der Waals surface area contributed by atoms with Gasteiger partial charge in [0.25, 0.3) is 5.91 Å². The fourth-order valence-electron chi connectivity index (χ4n) is 3.40. The maximum absolute atomic E-state index is 13.0. The first kappa shape index (κ1) is 19.9. The van der Waals surface area contributed by atoms with Crippen LogP contribution in [0.1, 0.15) is 25.0 Å². The van der Waals surface area contributed by atoms with Crippen LogP contribution < -0.4 is 4.74 Å². The summed E-state index contributed by atoms with van der Waals surface area (Å²) < 4.78 is 5.59. The molecular formula is C23H28N2O3. The van der Waals surface area contributed by atoms with Crippen molar-refractivity contribution in [3.8, 4) is 5.75 Å². The zero-order chi connectivity index (χ0) is 20.1. The van der Waals surface area contributed by atoms with Crippen LogP contribution in [0.5, 0.6) is 5.75 Å². The van der Waals surface area contributed by atoms with Gasteiger partial charge in [0.05, 0.1) is 5.41 Å². The minimum absolute atomic E-state index is 0.0204. The second-order valence-electron chi connectivity index (χ2n) is 7.77. The van der Waals surface area contributed by atoms with Gasteiger partial charge in [0.15, 0.2) is 6.61 Å². The van der Waals surface area contributed by atoms with E-state index >= 15 is 0 Å². The van der Waals surface area contributed by atoms with Crippen LogP contribution in [0.3, 0.4) is 0 Å². The zero-order valence-electron chi connectivity index (χ0n) is 16.9. The van der Waals surface area contributed by atoms with Gasteiger partial charge in [-0.25, -0.2) is 0 Å². The topological polar surface area (TPSA) is 49.9 Å². The molecule has 0 aliphatic carbocycles. The van der Waals surface area contributed by atoms with Gasteiger partial charge in [0.1, 0.15) is 5.75 Å². The number of carbonyl (C=O) groups excluding carboxylic acids is 2. The van der Waals surface area contributed by atoms with Gasteiger partial charge in [-0.1, -0.05) is 48.0 Å². The van der Waals surface area contributed by atoms with Gasteiger partial charge in [-0.2, -0.15) is 0 Å². The molecule has 1 aliphatic rings. The van der Waals surface area contributed by atoms with Crippen molar-refractivity contribution < 1.29 is 14.3 Å². The van der Waals surface area contributed by atoms with Gasteiger partial charge in [-0.15, -0.1) is 0 Å². The molecular weight excluding hydrogens is 352 g/mol. The normalized spacial score (nSPS) is 14.7. The van der Waals surface area contributed by atoms with Crippen LogP contribution in [-0.4, -0.2) is 54.4 Å². The zero-order valence-corrected chi connectivity index (χ0v) is 16.9. The van der Waals surface area contributed by atoms with E-state index in [0.717, 1.165) is 11.1 Å². The molecule has 0 bridgehead atoms. The number of benzene rings is 2. The molecule has 0 N–H and O–H groups in total. The van der Waals surface area contributed by atoms with Crippen LogP contribution in [0.25, 0.3) is 0 Å².